The molecule has 1 aromatic carbocycles. The van der Waals surface area contributed by atoms with Gasteiger partial charge in [0.05, 0.1) is 6.61 Å². The SMILES string of the molecule is CCCOc1c(C)ccc(C)c1C(=O)O. The Labute approximate surface area is 89.7 Å². The van der Waals surface area contributed by atoms with Gasteiger partial charge in [0.2, 0.25) is 0 Å². The third-order valence-corrected chi connectivity index (χ3v) is 2.23. The number of carboxylic acids is 1. The molecule has 0 aliphatic heterocycles. The van der Waals surface area contributed by atoms with Crippen LogP contribution in [-0.2, 0) is 0 Å². The Kier molecular flexibility index (Phi) is 3.72. The van der Waals surface area contributed by atoms with E-state index in [1.165, 1.54) is 0 Å². The van der Waals surface area contributed by atoms with Gasteiger partial charge in [0.1, 0.15) is 11.3 Å². The predicted molar refractivity (Wildman–Crippen MR) is 58.7 cm³/mol. The molecule has 0 aliphatic carbocycles. The summed E-state index contributed by atoms with van der Waals surface area (Å²) in [6.07, 6.45) is 0.868. The maximum absolute atomic E-state index is 11.1. The lowest BCUT2D eigenvalue weighted by atomic mass is 10.0. The Balaban J connectivity index is 3.19. The van der Waals surface area contributed by atoms with Crippen LogP contribution in [0.5, 0.6) is 5.75 Å². The van der Waals surface area contributed by atoms with E-state index >= 15 is 0 Å². The van der Waals surface area contributed by atoms with Crippen LogP contribution in [0, 0.1) is 13.8 Å². The number of hydrogen-bond acceptors (Lipinski definition) is 2. The minimum Gasteiger partial charge on any atom is -0.492 e. The highest BCUT2D eigenvalue weighted by molar-refractivity contribution is 5.93. The fourth-order valence-electron chi connectivity index (χ4n) is 1.44. The van der Waals surface area contributed by atoms with Crippen LogP contribution < -0.4 is 4.74 Å². The van der Waals surface area contributed by atoms with E-state index in [0.717, 1.165) is 17.5 Å². The lowest BCUT2D eigenvalue weighted by Crippen LogP contribution is -2.07. The molecule has 0 atom stereocenters. The molecule has 1 N–H and O–H groups in total. The van der Waals surface area contributed by atoms with E-state index in [4.69, 9.17) is 9.84 Å². The van der Waals surface area contributed by atoms with Gasteiger partial charge in [-0.05, 0) is 31.4 Å². The van der Waals surface area contributed by atoms with Crippen molar-refractivity contribution in [1.29, 1.82) is 0 Å². The van der Waals surface area contributed by atoms with Crippen molar-refractivity contribution < 1.29 is 14.6 Å². The zero-order valence-corrected chi connectivity index (χ0v) is 9.33. The molecular formula is C12H16O3. The van der Waals surface area contributed by atoms with Crippen molar-refractivity contribution in [3.05, 3.63) is 28.8 Å². The summed E-state index contributed by atoms with van der Waals surface area (Å²) < 4.78 is 5.48. The lowest BCUT2D eigenvalue weighted by molar-refractivity contribution is 0.0691. The third-order valence-electron chi connectivity index (χ3n) is 2.23. The molecule has 1 aromatic rings. The summed E-state index contributed by atoms with van der Waals surface area (Å²) in [6, 6.07) is 3.68. The molecule has 0 aromatic heterocycles. The minimum atomic E-state index is -0.928. The van der Waals surface area contributed by atoms with Gasteiger partial charge in [-0.1, -0.05) is 19.1 Å². The van der Waals surface area contributed by atoms with Gasteiger partial charge in [0, 0.05) is 0 Å². The maximum Gasteiger partial charge on any atom is 0.339 e. The Bertz CT molecular complexity index is 369. The van der Waals surface area contributed by atoms with Gasteiger partial charge < -0.3 is 9.84 Å². The van der Waals surface area contributed by atoms with Crippen LogP contribution in [0.4, 0.5) is 0 Å². The molecule has 0 heterocycles. The van der Waals surface area contributed by atoms with Crippen LogP contribution in [0.25, 0.3) is 0 Å². The van der Waals surface area contributed by atoms with Crippen molar-refractivity contribution in [2.24, 2.45) is 0 Å². The first kappa shape index (κ1) is 11.6. The molecule has 0 radical (unpaired) electrons. The van der Waals surface area contributed by atoms with E-state index in [9.17, 15) is 4.79 Å². The molecule has 0 saturated carbocycles. The summed E-state index contributed by atoms with van der Waals surface area (Å²) in [5, 5.41) is 9.09. The summed E-state index contributed by atoms with van der Waals surface area (Å²) in [5.41, 5.74) is 1.88. The van der Waals surface area contributed by atoms with E-state index in [0.29, 0.717) is 12.4 Å². The molecule has 1 rings (SSSR count). The van der Waals surface area contributed by atoms with E-state index < -0.39 is 5.97 Å². The molecule has 15 heavy (non-hydrogen) atoms. The largest absolute Gasteiger partial charge is 0.492 e. The van der Waals surface area contributed by atoms with Crippen LogP contribution in [0.15, 0.2) is 12.1 Å². The minimum absolute atomic E-state index is 0.281. The first-order valence-corrected chi connectivity index (χ1v) is 5.04. The molecule has 0 amide bonds. The molecular weight excluding hydrogens is 192 g/mol. The molecule has 0 unspecified atom stereocenters. The monoisotopic (exact) mass is 208 g/mol. The first-order valence-electron chi connectivity index (χ1n) is 5.04. The average molecular weight is 208 g/mol. The smallest absolute Gasteiger partial charge is 0.339 e. The molecule has 3 heteroatoms. The van der Waals surface area contributed by atoms with E-state index in [-0.39, 0.29) is 5.56 Å². The first-order chi connectivity index (χ1) is 7.07. The topological polar surface area (TPSA) is 46.5 Å². The second-order valence-electron chi connectivity index (χ2n) is 3.56. The molecule has 3 nitrogen and oxygen atoms in total. The summed E-state index contributed by atoms with van der Waals surface area (Å²) in [4.78, 5) is 11.1. The van der Waals surface area contributed by atoms with E-state index in [2.05, 4.69) is 0 Å². The van der Waals surface area contributed by atoms with E-state index in [1.807, 2.05) is 19.9 Å². The average Bonchev–Trinajstić information content (AvgIpc) is 2.18. The van der Waals surface area contributed by atoms with Crippen molar-refractivity contribution >= 4 is 5.97 Å². The second kappa shape index (κ2) is 4.82. The lowest BCUT2D eigenvalue weighted by Gasteiger charge is -2.13. The predicted octanol–water partition coefficient (Wildman–Crippen LogP) is 2.79. The highest BCUT2D eigenvalue weighted by Crippen LogP contribution is 2.26. The van der Waals surface area contributed by atoms with Gasteiger partial charge >= 0.3 is 5.97 Å². The van der Waals surface area contributed by atoms with Crippen LogP contribution in [0.1, 0.15) is 34.8 Å². The molecule has 0 spiro atoms. The van der Waals surface area contributed by atoms with Gasteiger partial charge in [-0.2, -0.15) is 0 Å². The number of hydrogen-bond donors (Lipinski definition) is 1. The summed E-state index contributed by atoms with van der Waals surface area (Å²) >= 11 is 0. The van der Waals surface area contributed by atoms with E-state index in [1.54, 1.807) is 13.0 Å². The fraction of sp³-hybridized carbons (Fsp3) is 0.417. The number of carboxylic acid groups (broad SMARTS) is 1. The quantitative estimate of drug-likeness (QED) is 0.827. The van der Waals surface area contributed by atoms with Gasteiger partial charge in [0.15, 0.2) is 0 Å². The summed E-state index contributed by atoms with van der Waals surface area (Å²) in [7, 11) is 0. The van der Waals surface area contributed by atoms with Crippen LogP contribution >= 0.6 is 0 Å². The molecule has 82 valence electrons. The van der Waals surface area contributed by atoms with Crippen molar-refractivity contribution in [3.63, 3.8) is 0 Å². The van der Waals surface area contributed by atoms with Gasteiger partial charge in [-0.15, -0.1) is 0 Å². The van der Waals surface area contributed by atoms with Gasteiger partial charge in [-0.25, -0.2) is 4.79 Å². The normalized spacial score (nSPS) is 10.1. The summed E-state index contributed by atoms with van der Waals surface area (Å²) in [5.74, 6) is -0.424. The fourth-order valence-corrected chi connectivity index (χ4v) is 1.44. The highest BCUT2D eigenvalue weighted by Gasteiger charge is 2.16. The number of aromatic carboxylic acids is 1. The number of benzene rings is 1. The Morgan fingerprint density at radius 1 is 1.33 bits per heavy atom. The molecule has 0 bridgehead atoms. The summed E-state index contributed by atoms with van der Waals surface area (Å²) in [6.45, 7) is 6.18. The van der Waals surface area contributed by atoms with Gasteiger partial charge in [0.25, 0.3) is 0 Å². The molecule has 0 aliphatic rings. The highest BCUT2D eigenvalue weighted by atomic mass is 16.5. The zero-order chi connectivity index (χ0) is 11.4. The standard InChI is InChI=1S/C12H16O3/c1-4-7-15-11-9(3)6-5-8(2)10(11)12(13)14/h5-6H,4,7H2,1-3H3,(H,13,14). The van der Waals surface area contributed by atoms with Crippen LogP contribution in [0.3, 0.4) is 0 Å². The Morgan fingerprint density at radius 3 is 2.47 bits per heavy atom. The zero-order valence-electron chi connectivity index (χ0n) is 9.33. The van der Waals surface area contributed by atoms with Crippen molar-refractivity contribution in [2.45, 2.75) is 27.2 Å². The second-order valence-corrected chi connectivity index (χ2v) is 3.56. The van der Waals surface area contributed by atoms with Crippen LogP contribution in [-0.4, -0.2) is 17.7 Å². The Hall–Kier alpha value is -1.51. The number of carbonyl (C=O) groups is 1. The van der Waals surface area contributed by atoms with Crippen LogP contribution in [0.2, 0.25) is 0 Å². The van der Waals surface area contributed by atoms with Crippen molar-refractivity contribution in [3.8, 4) is 5.75 Å². The number of aryl methyl sites for hydroxylation is 2. The number of rotatable bonds is 4. The molecule has 0 saturated heterocycles. The molecule has 0 fully saturated rings. The van der Waals surface area contributed by atoms with Crippen molar-refractivity contribution in [1.82, 2.24) is 0 Å². The van der Waals surface area contributed by atoms with Gasteiger partial charge in [-0.3, -0.25) is 0 Å². The van der Waals surface area contributed by atoms with Crippen molar-refractivity contribution in [2.75, 3.05) is 6.61 Å². The Morgan fingerprint density at radius 2 is 1.93 bits per heavy atom. The third kappa shape index (κ3) is 2.49. The maximum atomic E-state index is 11.1. The number of ether oxygens (including phenoxy) is 1.